The Morgan fingerprint density at radius 1 is 1.36 bits per heavy atom. The molecule has 1 rings (SSSR count). The van der Waals surface area contributed by atoms with Gasteiger partial charge in [0.15, 0.2) is 11.6 Å². The quantitative estimate of drug-likeness (QED) is 0.551. The molecule has 1 aromatic rings. The molecular weight excluding hydrogens is 191 g/mol. The highest BCUT2D eigenvalue weighted by Gasteiger charge is 2.21. The van der Waals surface area contributed by atoms with Crippen LogP contribution in [0.4, 0.5) is 4.39 Å². The second-order valence-electron chi connectivity index (χ2n) is 2.78. The minimum Gasteiger partial charge on any atom is -0.505 e. The summed E-state index contributed by atoms with van der Waals surface area (Å²) in [6, 6.07) is 2.18. The minimum absolute atomic E-state index is 0.411. The number of carbonyl (C=O) groups excluding carboxylic acids is 1. The van der Waals surface area contributed by atoms with E-state index in [-0.39, 0.29) is 0 Å². The first-order valence-electron chi connectivity index (χ1n) is 3.70. The molecule has 0 radical (unpaired) electrons. The average molecular weight is 198 g/mol. The van der Waals surface area contributed by atoms with Crippen LogP contribution in [0.15, 0.2) is 12.1 Å². The van der Waals surface area contributed by atoms with Gasteiger partial charge in [-0.3, -0.25) is 4.79 Å². The Morgan fingerprint density at radius 2 is 1.93 bits per heavy atom. The molecule has 2 N–H and O–H groups in total. The van der Waals surface area contributed by atoms with Crippen LogP contribution < -0.4 is 0 Å². The lowest BCUT2D eigenvalue weighted by molar-refractivity contribution is -0.131. The molecule has 0 atom stereocenters. The lowest BCUT2D eigenvalue weighted by Gasteiger charge is -2.02. The van der Waals surface area contributed by atoms with Crippen molar-refractivity contribution < 1.29 is 24.2 Å². The number of benzene rings is 1. The first-order chi connectivity index (χ1) is 6.43. The lowest BCUT2D eigenvalue weighted by Crippen LogP contribution is -2.14. The zero-order valence-electron chi connectivity index (χ0n) is 7.24. The summed E-state index contributed by atoms with van der Waals surface area (Å²) >= 11 is 0. The van der Waals surface area contributed by atoms with Crippen LogP contribution in [0.3, 0.4) is 0 Å². The monoisotopic (exact) mass is 198 g/mol. The Labute approximate surface area is 78.6 Å². The van der Waals surface area contributed by atoms with Crippen molar-refractivity contribution in [1.82, 2.24) is 0 Å². The van der Waals surface area contributed by atoms with E-state index in [4.69, 9.17) is 10.2 Å². The van der Waals surface area contributed by atoms with Crippen molar-refractivity contribution in [2.75, 3.05) is 0 Å². The van der Waals surface area contributed by atoms with E-state index >= 15 is 0 Å². The number of phenols is 1. The van der Waals surface area contributed by atoms with Gasteiger partial charge in [0, 0.05) is 0 Å². The highest BCUT2D eigenvalue weighted by atomic mass is 19.1. The fourth-order valence-electron chi connectivity index (χ4n) is 1.03. The number of hydrogen-bond acceptors (Lipinski definition) is 3. The van der Waals surface area contributed by atoms with Gasteiger partial charge < -0.3 is 10.2 Å². The van der Waals surface area contributed by atoms with Crippen molar-refractivity contribution in [3.63, 3.8) is 0 Å². The van der Waals surface area contributed by atoms with Gasteiger partial charge in [-0.05, 0) is 24.6 Å². The average Bonchev–Trinajstić information content (AvgIpc) is 2.09. The molecule has 0 amide bonds. The first-order valence-corrected chi connectivity index (χ1v) is 3.70. The normalized spacial score (nSPS) is 9.86. The second-order valence-corrected chi connectivity index (χ2v) is 2.78. The Balaban J connectivity index is 3.34. The molecule has 0 aliphatic heterocycles. The molecular formula is C9H7FO4. The summed E-state index contributed by atoms with van der Waals surface area (Å²) in [5, 5.41) is 17.3. The zero-order valence-corrected chi connectivity index (χ0v) is 7.24. The molecule has 4 nitrogen and oxygen atoms in total. The summed E-state index contributed by atoms with van der Waals surface area (Å²) in [6.45, 7) is 1.51. The molecule has 14 heavy (non-hydrogen) atoms. The van der Waals surface area contributed by atoms with Crippen LogP contribution in [-0.2, 0) is 4.79 Å². The summed E-state index contributed by atoms with van der Waals surface area (Å²) in [7, 11) is 0. The molecule has 1 aromatic carbocycles. The van der Waals surface area contributed by atoms with E-state index in [1.54, 1.807) is 0 Å². The number of rotatable bonds is 2. The summed E-state index contributed by atoms with van der Waals surface area (Å²) in [5.74, 6) is -5.06. The number of carboxylic acid groups (broad SMARTS) is 1. The van der Waals surface area contributed by atoms with Crippen LogP contribution in [0.25, 0.3) is 0 Å². The molecule has 0 unspecified atom stereocenters. The maximum absolute atomic E-state index is 13.1. The molecule has 0 saturated heterocycles. The Hall–Kier alpha value is -1.91. The number of aromatic hydroxyl groups is 1. The SMILES string of the molecule is Cc1cc(O)c(F)c(C(=O)C(=O)O)c1. The molecule has 0 fully saturated rings. The van der Waals surface area contributed by atoms with Crippen molar-refractivity contribution in [3.05, 3.63) is 29.1 Å². The standard InChI is InChI=1S/C9H7FO4/c1-4-2-5(8(12)9(13)14)7(10)6(11)3-4/h2-3,11H,1H3,(H,13,14). The van der Waals surface area contributed by atoms with E-state index in [9.17, 15) is 14.0 Å². The summed E-state index contributed by atoms with van der Waals surface area (Å²) < 4.78 is 13.1. The Morgan fingerprint density at radius 3 is 2.43 bits per heavy atom. The zero-order chi connectivity index (χ0) is 10.9. The number of carbonyl (C=O) groups is 2. The highest BCUT2D eigenvalue weighted by molar-refractivity contribution is 6.40. The van der Waals surface area contributed by atoms with Gasteiger partial charge in [-0.2, -0.15) is 0 Å². The van der Waals surface area contributed by atoms with E-state index < -0.39 is 28.9 Å². The fraction of sp³-hybridized carbons (Fsp3) is 0.111. The number of carboxylic acids is 1. The van der Waals surface area contributed by atoms with Crippen LogP contribution >= 0.6 is 0 Å². The molecule has 0 spiro atoms. The van der Waals surface area contributed by atoms with E-state index in [0.717, 1.165) is 12.1 Å². The smallest absolute Gasteiger partial charge is 0.377 e. The van der Waals surface area contributed by atoms with Crippen LogP contribution in [0.2, 0.25) is 0 Å². The number of halogens is 1. The van der Waals surface area contributed by atoms with Gasteiger partial charge in [-0.15, -0.1) is 0 Å². The second kappa shape index (κ2) is 3.45. The molecule has 0 aromatic heterocycles. The number of aliphatic carboxylic acids is 1. The van der Waals surface area contributed by atoms with E-state index in [2.05, 4.69) is 0 Å². The highest BCUT2D eigenvalue weighted by Crippen LogP contribution is 2.21. The third-order valence-corrected chi connectivity index (χ3v) is 1.64. The summed E-state index contributed by atoms with van der Waals surface area (Å²) in [5.41, 5.74) is -0.219. The number of phenolic OH excluding ortho intramolecular Hbond substituents is 1. The maximum Gasteiger partial charge on any atom is 0.377 e. The predicted molar refractivity (Wildman–Crippen MR) is 44.8 cm³/mol. The third-order valence-electron chi connectivity index (χ3n) is 1.64. The largest absolute Gasteiger partial charge is 0.505 e. The molecule has 0 heterocycles. The molecule has 0 saturated carbocycles. The van der Waals surface area contributed by atoms with E-state index in [0.29, 0.717) is 5.56 Å². The minimum atomic E-state index is -1.76. The molecule has 0 aliphatic carbocycles. The van der Waals surface area contributed by atoms with Gasteiger partial charge in [-0.25, -0.2) is 9.18 Å². The Bertz CT molecular complexity index is 412. The van der Waals surface area contributed by atoms with Gasteiger partial charge in [0.05, 0.1) is 5.56 Å². The van der Waals surface area contributed by atoms with Crippen molar-refractivity contribution in [3.8, 4) is 5.75 Å². The number of Topliss-reactive ketones (excluding diaryl/α,β-unsaturated/α-hetero) is 1. The summed E-state index contributed by atoms with van der Waals surface area (Å²) in [4.78, 5) is 21.2. The third kappa shape index (κ3) is 1.71. The van der Waals surface area contributed by atoms with Crippen LogP contribution in [-0.4, -0.2) is 22.0 Å². The maximum atomic E-state index is 13.1. The van der Waals surface area contributed by atoms with Gasteiger partial charge >= 0.3 is 5.97 Å². The van der Waals surface area contributed by atoms with E-state index in [1.165, 1.54) is 6.92 Å². The van der Waals surface area contributed by atoms with Gasteiger partial charge in [0.2, 0.25) is 0 Å². The van der Waals surface area contributed by atoms with Crippen molar-refractivity contribution >= 4 is 11.8 Å². The van der Waals surface area contributed by atoms with Crippen LogP contribution in [0, 0.1) is 12.7 Å². The van der Waals surface area contributed by atoms with Crippen molar-refractivity contribution in [2.45, 2.75) is 6.92 Å². The van der Waals surface area contributed by atoms with E-state index in [1.807, 2.05) is 0 Å². The Kier molecular flexibility index (Phi) is 2.51. The summed E-state index contributed by atoms with van der Waals surface area (Å²) in [6.07, 6.45) is 0. The topological polar surface area (TPSA) is 74.6 Å². The fourth-order valence-corrected chi connectivity index (χ4v) is 1.03. The van der Waals surface area contributed by atoms with Gasteiger partial charge in [0.1, 0.15) is 0 Å². The molecule has 74 valence electrons. The number of ketones is 1. The van der Waals surface area contributed by atoms with Crippen LogP contribution in [0.5, 0.6) is 5.75 Å². The lowest BCUT2D eigenvalue weighted by atomic mass is 10.1. The molecule has 5 heteroatoms. The van der Waals surface area contributed by atoms with Gasteiger partial charge in [0.25, 0.3) is 5.78 Å². The van der Waals surface area contributed by atoms with Crippen molar-refractivity contribution in [1.29, 1.82) is 0 Å². The first kappa shape index (κ1) is 10.2. The van der Waals surface area contributed by atoms with Crippen molar-refractivity contribution in [2.24, 2.45) is 0 Å². The van der Waals surface area contributed by atoms with Crippen LogP contribution in [0.1, 0.15) is 15.9 Å². The molecule has 0 aliphatic rings. The van der Waals surface area contributed by atoms with Gasteiger partial charge in [-0.1, -0.05) is 0 Å². The predicted octanol–water partition coefficient (Wildman–Crippen LogP) is 1.11. The number of aryl methyl sites for hydroxylation is 1. The number of hydrogen-bond donors (Lipinski definition) is 2. The molecule has 0 bridgehead atoms.